The van der Waals surface area contributed by atoms with Gasteiger partial charge in [0.1, 0.15) is 11.6 Å². The van der Waals surface area contributed by atoms with Crippen LogP contribution < -0.4 is 5.32 Å². The molecule has 0 fully saturated rings. The van der Waals surface area contributed by atoms with Gasteiger partial charge in [0, 0.05) is 43.8 Å². The normalized spacial score (nSPS) is 10.7. The zero-order valence-corrected chi connectivity index (χ0v) is 14.9. The molecule has 5 nitrogen and oxygen atoms in total. The van der Waals surface area contributed by atoms with Crippen molar-refractivity contribution in [2.75, 3.05) is 6.54 Å². The molecule has 0 saturated carbocycles. The van der Waals surface area contributed by atoms with Gasteiger partial charge in [-0.3, -0.25) is 9.78 Å². The Kier molecular flexibility index (Phi) is 5.41. The Morgan fingerprint density at radius 1 is 1.15 bits per heavy atom. The van der Waals surface area contributed by atoms with Crippen molar-refractivity contribution in [2.45, 2.75) is 26.8 Å². The number of aryl methyl sites for hydroxylation is 2. The summed E-state index contributed by atoms with van der Waals surface area (Å²) in [6, 6.07) is 8.26. The lowest BCUT2D eigenvalue weighted by atomic mass is 10.1. The second kappa shape index (κ2) is 7.91. The quantitative estimate of drug-likeness (QED) is 0.742. The third-order valence-electron chi connectivity index (χ3n) is 4.31. The molecular formula is C20H21FN4O. The second-order valence-corrected chi connectivity index (χ2v) is 6.22. The van der Waals surface area contributed by atoms with Crippen molar-refractivity contribution in [3.05, 3.63) is 82.9 Å². The molecule has 0 saturated heterocycles. The maximum Gasteiger partial charge on any atom is 0.253 e. The zero-order valence-electron chi connectivity index (χ0n) is 14.9. The van der Waals surface area contributed by atoms with Crippen LogP contribution in [-0.2, 0) is 13.0 Å². The number of carbonyl (C=O) groups is 1. The molecular weight excluding hydrogens is 331 g/mol. The summed E-state index contributed by atoms with van der Waals surface area (Å²) >= 11 is 0. The van der Waals surface area contributed by atoms with Gasteiger partial charge in [-0.25, -0.2) is 9.37 Å². The molecule has 2 aromatic heterocycles. The van der Waals surface area contributed by atoms with Gasteiger partial charge >= 0.3 is 0 Å². The summed E-state index contributed by atoms with van der Waals surface area (Å²) in [5.41, 5.74) is 3.51. The standard InChI is InChI=1S/C20H21FN4O/c1-14-7-9-22-12-18(14)20(26)23-10-8-19-24-11-15(2)25(19)13-16-3-5-17(21)6-4-16/h3-7,9,11-12H,8,10,13H2,1-2H3,(H,23,26). The molecule has 3 aromatic rings. The fourth-order valence-corrected chi connectivity index (χ4v) is 2.78. The van der Waals surface area contributed by atoms with Gasteiger partial charge in [0.25, 0.3) is 5.91 Å². The van der Waals surface area contributed by atoms with Crippen LogP contribution in [0.2, 0.25) is 0 Å². The number of aromatic nitrogens is 3. The first-order valence-electron chi connectivity index (χ1n) is 8.49. The number of rotatable bonds is 6. The van der Waals surface area contributed by atoms with Gasteiger partial charge in [-0.15, -0.1) is 0 Å². The first-order valence-corrected chi connectivity index (χ1v) is 8.49. The van der Waals surface area contributed by atoms with E-state index in [9.17, 15) is 9.18 Å². The Bertz CT molecular complexity index is 902. The number of carbonyl (C=O) groups excluding carboxylic acids is 1. The molecule has 0 aliphatic heterocycles. The summed E-state index contributed by atoms with van der Waals surface area (Å²) in [5.74, 6) is 0.503. The number of pyridine rings is 1. The minimum atomic E-state index is -0.246. The molecule has 134 valence electrons. The van der Waals surface area contributed by atoms with Crippen LogP contribution in [0.25, 0.3) is 0 Å². The largest absolute Gasteiger partial charge is 0.352 e. The van der Waals surface area contributed by atoms with Crippen LogP contribution in [0.1, 0.15) is 33.0 Å². The first kappa shape index (κ1) is 17.8. The van der Waals surface area contributed by atoms with Gasteiger partial charge in [-0.2, -0.15) is 0 Å². The number of hydrogen-bond donors (Lipinski definition) is 1. The van der Waals surface area contributed by atoms with Crippen molar-refractivity contribution in [3.8, 4) is 0 Å². The topological polar surface area (TPSA) is 59.8 Å². The van der Waals surface area contributed by atoms with Crippen molar-refractivity contribution in [1.82, 2.24) is 19.9 Å². The molecule has 0 radical (unpaired) electrons. The number of amides is 1. The molecule has 2 heterocycles. The lowest BCUT2D eigenvalue weighted by Gasteiger charge is -2.11. The lowest BCUT2D eigenvalue weighted by molar-refractivity contribution is 0.0953. The summed E-state index contributed by atoms with van der Waals surface area (Å²) in [6.07, 6.45) is 5.66. The SMILES string of the molecule is Cc1ccncc1C(=O)NCCc1ncc(C)n1Cc1ccc(F)cc1. The van der Waals surface area contributed by atoms with E-state index in [1.807, 2.05) is 26.1 Å². The van der Waals surface area contributed by atoms with E-state index in [-0.39, 0.29) is 11.7 Å². The highest BCUT2D eigenvalue weighted by molar-refractivity contribution is 5.95. The average molecular weight is 352 g/mol. The van der Waals surface area contributed by atoms with Gasteiger partial charge < -0.3 is 9.88 Å². The highest BCUT2D eigenvalue weighted by Gasteiger charge is 2.11. The smallest absolute Gasteiger partial charge is 0.253 e. The van der Waals surface area contributed by atoms with E-state index < -0.39 is 0 Å². The Morgan fingerprint density at radius 2 is 1.92 bits per heavy atom. The van der Waals surface area contributed by atoms with Crippen LogP contribution >= 0.6 is 0 Å². The molecule has 1 N–H and O–H groups in total. The Labute approximate surface area is 151 Å². The Morgan fingerprint density at radius 3 is 2.65 bits per heavy atom. The molecule has 1 aromatic carbocycles. The van der Waals surface area contributed by atoms with Crippen molar-refractivity contribution < 1.29 is 9.18 Å². The van der Waals surface area contributed by atoms with Gasteiger partial charge in [0.2, 0.25) is 0 Å². The molecule has 0 unspecified atom stereocenters. The average Bonchev–Trinajstić information content (AvgIpc) is 2.97. The Hall–Kier alpha value is -3.02. The van der Waals surface area contributed by atoms with Crippen LogP contribution in [0.4, 0.5) is 4.39 Å². The number of nitrogens with zero attached hydrogens (tertiary/aromatic N) is 3. The summed E-state index contributed by atoms with van der Waals surface area (Å²) in [4.78, 5) is 20.7. The second-order valence-electron chi connectivity index (χ2n) is 6.22. The van der Waals surface area contributed by atoms with Crippen LogP contribution in [-0.4, -0.2) is 27.0 Å². The van der Waals surface area contributed by atoms with Crippen LogP contribution in [0.5, 0.6) is 0 Å². The van der Waals surface area contributed by atoms with Crippen molar-refractivity contribution in [2.24, 2.45) is 0 Å². The maximum absolute atomic E-state index is 13.1. The lowest BCUT2D eigenvalue weighted by Crippen LogP contribution is -2.27. The molecule has 6 heteroatoms. The maximum atomic E-state index is 13.1. The predicted octanol–water partition coefficient (Wildman–Crippen LogP) is 3.05. The summed E-state index contributed by atoms with van der Waals surface area (Å²) in [6.45, 7) is 4.97. The number of halogens is 1. The number of imidazole rings is 1. The van der Waals surface area contributed by atoms with Crippen molar-refractivity contribution in [1.29, 1.82) is 0 Å². The third kappa shape index (κ3) is 4.14. The molecule has 0 atom stereocenters. The summed E-state index contributed by atoms with van der Waals surface area (Å²) < 4.78 is 15.1. The summed E-state index contributed by atoms with van der Waals surface area (Å²) in [5, 5.41) is 2.91. The first-order chi connectivity index (χ1) is 12.5. The Balaban J connectivity index is 1.63. The van der Waals surface area contributed by atoms with Gasteiger partial charge in [0.15, 0.2) is 0 Å². The van der Waals surface area contributed by atoms with E-state index in [0.717, 1.165) is 22.6 Å². The van der Waals surface area contributed by atoms with Gasteiger partial charge in [0.05, 0.1) is 5.56 Å². The van der Waals surface area contributed by atoms with E-state index in [0.29, 0.717) is 25.1 Å². The fourth-order valence-electron chi connectivity index (χ4n) is 2.78. The van der Waals surface area contributed by atoms with Gasteiger partial charge in [-0.05, 0) is 43.2 Å². The van der Waals surface area contributed by atoms with Crippen LogP contribution in [0.15, 0.2) is 48.9 Å². The van der Waals surface area contributed by atoms with Crippen LogP contribution in [0.3, 0.4) is 0 Å². The number of benzene rings is 1. The van der Waals surface area contributed by atoms with Crippen molar-refractivity contribution >= 4 is 5.91 Å². The zero-order chi connectivity index (χ0) is 18.5. The number of hydrogen-bond acceptors (Lipinski definition) is 3. The highest BCUT2D eigenvalue weighted by atomic mass is 19.1. The molecule has 0 spiro atoms. The monoisotopic (exact) mass is 352 g/mol. The highest BCUT2D eigenvalue weighted by Crippen LogP contribution is 2.11. The van der Waals surface area contributed by atoms with Crippen molar-refractivity contribution in [3.63, 3.8) is 0 Å². The molecule has 3 rings (SSSR count). The molecule has 26 heavy (non-hydrogen) atoms. The molecule has 0 aliphatic rings. The van der Waals surface area contributed by atoms with E-state index >= 15 is 0 Å². The summed E-state index contributed by atoms with van der Waals surface area (Å²) in [7, 11) is 0. The van der Waals surface area contributed by atoms with E-state index in [1.165, 1.54) is 12.1 Å². The van der Waals surface area contributed by atoms with E-state index in [2.05, 4.69) is 19.9 Å². The van der Waals surface area contributed by atoms with E-state index in [4.69, 9.17) is 0 Å². The fraction of sp³-hybridized carbons (Fsp3) is 0.250. The van der Waals surface area contributed by atoms with E-state index in [1.54, 1.807) is 24.5 Å². The third-order valence-corrected chi connectivity index (χ3v) is 4.31. The molecule has 0 bridgehead atoms. The van der Waals surface area contributed by atoms with Gasteiger partial charge in [-0.1, -0.05) is 12.1 Å². The van der Waals surface area contributed by atoms with Crippen LogP contribution in [0, 0.1) is 19.7 Å². The minimum absolute atomic E-state index is 0.135. The molecule has 1 amide bonds. The minimum Gasteiger partial charge on any atom is -0.352 e. The predicted molar refractivity (Wildman–Crippen MR) is 97.5 cm³/mol. The number of nitrogens with one attached hydrogen (secondary N) is 1. The molecule has 0 aliphatic carbocycles.